The summed E-state index contributed by atoms with van der Waals surface area (Å²) in [6, 6.07) is 3.47. The van der Waals surface area contributed by atoms with Crippen molar-refractivity contribution in [2.45, 2.75) is 17.9 Å². The molecule has 1 aromatic carbocycles. The monoisotopic (exact) mass is 333 g/mol. The van der Waals surface area contributed by atoms with Crippen LogP contribution in [-0.4, -0.2) is 11.2 Å². The Hall–Kier alpha value is -1.96. The van der Waals surface area contributed by atoms with E-state index >= 15 is 0 Å². The standard InChI is InChI=1S/C14H11F4NO2S/c1-7(22-6-8-3-2-4-21-8)14(20)19-13-11(17)9(15)5-10(16)12(13)18/h2-5,7H,6H2,1H3,(H,19,20). The number of hydrogen-bond acceptors (Lipinski definition) is 3. The molecule has 0 bridgehead atoms. The minimum atomic E-state index is -1.64. The molecule has 1 aromatic heterocycles. The highest BCUT2D eigenvalue weighted by atomic mass is 32.2. The van der Waals surface area contributed by atoms with Crippen molar-refractivity contribution in [1.82, 2.24) is 0 Å². The predicted molar refractivity (Wildman–Crippen MR) is 74.4 cm³/mol. The Kier molecular flexibility index (Phi) is 5.12. The molecule has 8 heteroatoms. The van der Waals surface area contributed by atoms with Gasteiger partial charge in [-0.25, -0.2) is 17.6 Å². The Bertz CT molecular complexity index is 650. The number of halogens is 4. The van der Waals surface area contributed by atoms with Gasteiger partial charge in [-0.15, -0.1) is 11.8 Å². The van der Waals surface area contributed by atoms with Crippen LogP contribution >= 0.6 is 11.8 Å². The number of amides is 1. The van der Waals surface area contributed by atoms with Crippen LogP contribution in [0.4, 0.5) is 23.2 Å². The minimum absolute atomic E-state index is 0.0788. The van der Waals surface area contributed by atoms with Gasteiger partial charge in [0.1, 0.15) is 11.4 Å². The summed E-state index contributed by atoms with van der Waals surface area (Å²) in [5, 5.41) is 1.16. The molecule has 2 rings (SSSR count). The third-order valence-corrected chi connectivity index (χ3v) is 3.95. The van der Waals surface area contributed by atoms with Crippen molar-refractivity contribution >= 4 is 23.4 Å². The molecule has 0 saturated heterocycles. The summed E-state index contributed by atoms with van der Waals surface area (Å²) in [7, 11) is 0. The highest BCUT2D eigenvalue weighted by Gasteiger charge is 2.23. The molecule has 118 valence electrons. The van der Waals surface area contributed by atoms with Gasteiger partial charge in [0.05, 0.1) is 17.3 Å². The molecule has 2 aromatic rings. The molecule has 1 amide bonds. The first-order chi connectivity index (χ1) is 10.4. The van der Waals surface area contributed by atoms with Crippen LogP contribution in [0.25, 0.3) is 0 Å². The van der Waals surface area contributed by atoms with E-state index in [9.17, 15) is 22.4 Å². The number of carbonyl (C=O) groups excluding carboxylic acids is 1. The summed E-state index contributed by atoms with van der Waals surface area (Å²) >= 11 is 1.14. The van der Waals surface area contributed by atoms with Gasteiger partial charge in [-0.3, -0.25) is 4.79 Å². The summed E-state index contributed by atoms with van der Waals surface area (Å²) in [6.07, 6.45) is 1.47. The molecule has 0 fully saturated rings. The van der Waals surface area contributed by atoms with Crippen molar-refractivity contribution in [2.24, 2.45) is 0 Å². The lowest BCUT2D eigenvalue weighted by atomic mass is 10.2. The van der Waals surface area contributed by atoms with Gasteiger partial charge < -0.3 is 9.73 Å². The number of hydrogen-bond donors (Lipinski definition) is 1. The fraction of sp³-hybridized carbons (Fsp3) is 0.214. The van der Waals surface area contributed by atoms with E-state index in [1.165, 1.54) is 13.2 Å². The Balaban J connectivity index is 2.05. The number of rotatable bonds is 5. The summed E-state index contributed by atoms with van der Waals surface area (Å²) < 4.78 is 58.1. The van der Waals surface area contributed by atoms with Gasteiger partial charge in [-0.1, -0.05) is 0 Å². The average molecular weight is 333 g/mol. The number of anilines is 1. The van der Waals surface area contributed by atoms with Crippen molar-refractivity contribution in [3.8, 4) is 0 Å². The first-order valence-electron chi connectivity index (χ1n) is 6.18. The molecule has 0 spiro atoms. The molecule has 3 nitrogen and oxygen atoms in total. The fourth-order valence-corrected chi connectivity index (χ4v) is 2.37. The van der Waals surface area contributed by atoms with Crippen LogP contribution in [-0.2, 0) is 10.5 Å². The van der Waals surface area contributed by atoms with Gasteiger partial charge in [0.15, 0.2) is 23.3 Å². The molecule has 0 aliphatic rings. The van der Waals surface area contributed by atoms with Gasteiger partial charge in [0.2, 0.25) is 5.91 Å². The van der Waals surface area contributed by atoms with E-state index in [2.05, 4.69) is 0 Å². The summed E-state index contributed by atoms with van der Waals surface area (Å²) in [5.74, 6) is -6.23. The van der Waals surface area contributed by atoms with Crippen LogP contribution < -0.4 is 5.32 Å². The second-order valence-electron chi connectivity index (χ2n) is 4.37. The summed E-state index contributed by atoms with van der Waals surface area (Å²) in [5.41, 5.74) is -1.13. The maximum Gasteiger partial charge on any atom is 0.237 e. The Labute approximate surface area is 127 Å². The van der Waals surface area contributed by atoms with E-state index in [-0.39, 0.29) is 6.07 Å². The van der Waals surface area contributed by atoms with Gasteiger partial charge >= 0.3 is 0 Å². The van der Waals surface area contributed by atoms with Crippen LogP contribution in [0.3, 0.4) is 0 Å². The maximum atomic E-state index is 13.5. The van der Waals surface area contributed by atoms with Gasteiger partial charge in [-0.2, -0.15) is 0 Å². The van der Waals surface area contributed by atoms with Crippen LogP contribution in [0.2, 0.25) is 0 Å². The number of carbonyl (C=O) groups is 1. The van der Waals surface area contributed by atoms with E-state index in [0.717, 1.165) is 11.8 Å². The van der Waals surface area contributed by atoms with Gasteiger partial charge in [0, 0.05) is 6.07 Å². The second kappa shape index (κ2) is 6.87. The van der Waals surface area contributed by atoms with Gasteiger partial charge in [-0.05, 0) is 19.1 Å². The minimum Gasteiger partial charge on any atom is -0.468 e. The molecule has 1 N–H and O–H groups in total. The topological polar surface area (TPSA) is 42.2 Å². The third kappa shape index (κ3) is 3.62. The normalized spacial score (nSPS) is 12.2. The van der Waals surface area contributed by atoms with Crippen LogP contribution in [0.15, 0.2) is 28.9 Å². The number of thioether (sulfide) groups is 1. The molecule has 1 atom stereocenters. The highest BCUT2D eigenvalue weighted by molar-refractivity contribution is 7.99. The fourth-order valence-electron chi connectivity index (χ4n) is 1.59. The van der Waals surface area contributed by atoms with Crippen molar-refractivity contribution in [2.75, 3.05) is 5.32 Å². The van der Waals surface area contributed by atoms with E-state index in [1.54, 1.807) is 12.1 Å². The SMILES string of the molecule is CC(SCc1ccco1)C(=O)Nc1c(F)c(F)cc(F)c1F. The van der Waals surface area contributed by atoms with Crippen molar-refractivity contribution in [1.29, 1.82) is 0 Å². The van der Waals surface area contributed by atoms with E-state index < -0.39 is 40.1 Å². The lowest BCUT2D eigenvalue weighted by Gasteiger charge is -2.13. The number of benzene rings is 1. The molecule has 1 unspecified atom stereocenters. The van der Waals surface area contributed by atoms with Crippen molar-refractivity contribution in [3.05, 3.63) is 53.5 Å². The molecule has 1 heterocycles. The zero-order chi connectivity index (χ0) is 16.3. The first kappa shape index (κ1) is 16.4. The lowest BCUT2D eigenvalue weighted by molar-refractivity contribution is -0.115. The zero-order valence-electron chi connectivity index (χ0n) is 11.3. The van der Waals surface area contributed by atoms with Crippen LogP contribution in [0.5, 0.6) is 0 Å². The third-order valence-electron chi connectivity index (χ3n) is 2.78. The molecule has 0 aliphatic heterocycles. The van der Waals surface area contributed by atoms with E-state index in [0.29, 0.717) is 11.5 Å². The van der Waals surface area contributed by atoms with Crippen LogP contribution in [0, 0.1) is 23.3 Å². The van der Waals surface area contributed by atoms with E-state index in [4.69, 9.17) is 4.42 Å². The van der Waals surface area contributed by atoms with E-state index in [1.807, 2.05) is 5.32 Å². The smallest absolute Gasteiger partial charge is 0.237 e. The quantitative estimate of drug-likeness (QED) is 0.662. The Morgan fingerprint density at radius 3 is 2.45 bits per heavy atom. The highest BCUT2D eigenvalue weighted by Crippen LogP contribution is 2.26. The Morgan fingerprint density at radius 2 is 1.91 bits per heavy atom. The summed E-state index contributed by atoms with van der Waals surface area (Å²) in [4.78, 5) is 11.9. The molecule has 22 heavy (non-hydrogen) atoms. The number of nitrogens with one attached hydrogen (secondary N) is 1. The van der Waals surface area contributed by atoms with Crippen molar-refractivity contribution in [3.63, 3.8) is 0 Å². The zero-order valence-corrected chi connectivity index (χ0v) is 12.1. The van der Waals surface area contributed by atoms with Gasteiger partial charge in [0.25, 0.3) is 0 Å². The largest absolute Gasteiger partial charge is 0.468 e. The first-order valence-corrected chi connectivity index (χ1v) is 7.23. The molecular weight excluding hydrogens is 322 g/mol. The predicted octanol–water partition coefficient (Wildman–Crippen LogP) is 4.10. The summed E-state index contributed by atoms with van der Waals surface area (Å²) in [6.45, 7) is 1.49. The number of furan rings is 1. The molecular formula is C14H11F4NO2S. The van der Waals surface area contributed by atoms with Crippen LogP contribution in [0.1, 0.15) is 12.7 Å². The maximum absolute atomic E-state index is 13.5. The van der Waals surface area contributed by atoms with Crippen molar-refractivity contribution < 1.29 is 26.8 Å². The lowest BCUT2D eigenvalue weighted by Crippen LogP contribution is -2.24. The molecule has 0 aliphatic carbocycles. The molecule has 0 saturated carbocycles. The average Bonchev–Trinajstić information content (AvgIpc) is 3.00. The second-order valence-corrected chi connectivity index (χ2v) is 5.69. The Morgan fingerprint density at radius 1 is 1.27 bits per heavy atom. The molecule has 0 radical (unpaired) electrons.